The van der Waals surface area contributed by atoms with Crippen LogP contribution in [0.5, 0.6) is 11.5 Å². The predicted octanol–water partition coefficient (Wildman–Crippen LogP) is 3.52. The summed E-state index contributed by atoms with van der Waals surface area (Å²) in [6.45, 7) is 4.14. The number of carbonyl (C=O) groups excluding carboxylic acids is 1. The van der Waals surface area contributed by atoms with Gasteiger partial charge in [-0.05, 0) is 37.1 Å². The van der Waals surface area contributed by atoms with Gasteiger partial charge in [-0.15, -0.1) is 0 Å². The van der Waals surface area contributed by atoms with Crippen molar-refractivity contribution < 1.29 is 14.3 Å². The summed E-state index contributed by atoms with van der Waals surface area (Å²) in [7, 11) is 3.16. The summed E-state index contributed by atoms with van der Waals surface area (Å²) >= 11 is 0. The highest BCUT2D eigenvalue weighted by Crippen LogP contribution is 2.28. The number of hydrogen-bond acceptors (Lipinski definition) is 4. The van der Waals surface area contributed by atoms with Crippen LogP contribution in [0.2, 0.25) is 0 Å². The van der Waals surface area contributed by atoms with Gasteiger partial charge in [-0.1, -0.05) is 13.0 Å². The van der Waals surface area contributed by atoms with Crippen LogP contribution in [-0.4, -0.2) is 29.9 Å². The first kappa shape index (κ1) is 17.6. The Morgan fingerprint density at radius 2 is 2.04 bits per heavy atom. The molecule has 0 fully saturated rings. The van der Waals surface area contributed by atoms with E-state index in [-0.39, 0.29) is 11.9 Å². The number of nitrogens with zero attached hydrogens (tertiary/aromatic N) is 2. The fraction of sp³-hybridized carbons (Fsp3) is 0.333. The maximum absolute atomic E-state index is 12.1. The third-order valence-electron chi connectivity index (χ3n) is 3.76. The molecule has 6 nitrogen and oxygen atoms in total. The molecule has 24 heavy (non-hydrogen) atoms. The summed E-state index contributed by atoms with van der Waals surface area (Å²) in [5.74, 6) is 1.74. The first-order chi connectivity index (χ1) is 11.6. The van der Waals surface area contributed by atoms with E-state index >= 15 is 0 Å². The van der Waals surface area contributed by atoms with Crippen molar-refractivity contribution >= 4 is 17.8 Å². The zero-order chi connectivity index (χ0) is 17.5. The maximum atomic E-state index is 12.1. The first-order valence-corrected chi connectivity index (χ1v) is 7.83. The van der Waals surface area contributed by atoms with Crippen LogP contribution < -0.4 is 14.8 Å². The van der Waals surface area contributed by atoms with Crippen molar-refractivity contribution in [3.8, 4) is 11.5 Å². The van der Waals surface area contributed by atoms with Crippen molar-refractivity contribution in [2.45, 2.75) is 26.3 Å². The number of carbonyl (C=O) groups is 1. The van der Waals surface area contributed by atoms with Gasteiger partial charge < -0.3 is 14.8 Å². The van der Waals surface area contributed by atoms with Crippen LogP contribution in [0.15, 0.2) is 36.5 Å². The van der Waals surface area contributed by atoms with Crippen LogP contribution in [0.25, 0.3) is 6.08 Å². The maximum Gasteiger partial charge on any atom is 0.249 e. The molecule has 1 atom stereocenters. The van der Waals surface area contributed by atoms with Gasteiger partial charge in [0.1, 0.15) is 5.82 Å². The highest BCUT2D eigenvalue weighted by atomic mass is 16.5. The largest absolute Gasteiger partial charge is 0.493 e. The lowest BCUT2D eigenvalue weighted by Gasteiger charge is -2.13. The van der Waals surface area contributed by atoms with E-state index in [4.69, 9.17) is 9.47 Å². The highest BCUT2D eigenvalue weighted by Gasteiger charge is 2.10. The van der Waals surface area contributed by atoms with E-state index in [2.05, 4.69) is 24.3 Å². The van der Waals surface area contributed by atoms with Crippen molar-refractivity contribution in [3.63, 3.8) is 0 Å². The summed E-state index contributed by atoms with van der Waals surface area (Å²) in [5.41, 5.74) is 0.846. The molecule has 2 rings (SSSR count). The Morgan fingerprint density at radius 1 is 1.29 bits per heavy atom. The molecule has 0 bridgehead atoms. The second-order valence-corrected chi connectivity index (χ2v) is 5.36. The Balaban J connectivity index is 2.07. The van der Waals surface area contributed by atoms with E-state index in [1.807, 2.05) is 16.8 Å². The molecule has 1 N–H and O–H groups in total. The molecular weight excluding hydrogens is 306 g/mol. The number of nitrogens with one attached hydrogen (secondary N) is 1. The van der Waals surface area contributed by atoms with E-state index < -0.39 is 0 Å². The lowest BCUT2D eigenvalue weighted by atomic mass is 10.2. The van der Waals surface area contributed by atoms with Crippen LogP contribution in [0.1, 0.15) is 31.9 Å². The van der Waals surface area contributed by atoms with E-state index in [1.165, 1.54) is 6.08 Å². The Labute approximate surface area is 142 Å². The summed E-state index contributed by atoms with van der Waals surface area (Å²) in [5, 5.41) is 7.09. The van der Waals surface area contributed by atoms with Gasteiger partial charge in [-0.25, -0.2) is 4.68 Å². The van der Waals surface area contributed by atoms with Crippen LogP contribution in [0.4, 0.5) is 5.82 Å². The molecule has 0 aliphatic carbocycles. The molecule has 2 aromatic rings. The van der Waals surface area contributed by atoms with Gasteiger partial charge in [0, 0.05) is 12.1 Å². The van der Waals surface area contributed by atoms with Gasteiger partial charge in [-0.3, -0.25) is 4.79 Å². The van der Waals surface area contributed by atoms with Gasteiger partial charge in [0.05, 0.1) is 26.5 Å². The van der Waals surface area contributed by atoms with Crippen LogP contribution in [-0.2, 0) is 4.79 Å². The smallest absolute Gasteiger partial charge is 0.249 e. The molecule has 1 aromatic carbocycles. The number of methoxy groups -OCH3 is 2. The van der Waals surface area contributed by atoms with Gasteiger partial charge in [-0.2, -0.15) is 5.10 Å². The Bertz CT molecular complexity index is 722. The normalized spacial score (nSPS) is 12.2. The highest BCUT2D eigenvalue weighted by molar-refractivity contribution is 6.01. The molecular formula is C18H23N3O3. The minimum atomic E-state index is -0.213. The van der Waals surface area contributed by atoms with Crippen LogP contribution in [0.3, 0.4) is 0 Å². The van der Waals surface area contributed by atoms with E-state index in [1.54, 1.807) is 38.6 Å². The lowest BCUT2D eigenvalue weighted by molar-refractivity contribution is -0.111. The molecule has 0 radical (unpaired) electrons. The molecule has 6 heteroatoms. The summed E-state index contributed by atoms with van der Waals surface area (Å²) in [6.07, 6.45) is 5.82. The van der Waals surface area contributed by atoms with Crippen molar-refractivity contribution in [3.05, 3.63) is 42.1 Å². The predicted molar refractivity (Wildman–Crippen MR) is 94.4 cm³/mol. The number of anilines is 1. The average molecular weight is 329 g/mol. The van der Waals surface area contributed by atoms with Crippen LogP contribution in [0, 0.1) is 0 Å². The van der Waals surface area contributed by atoms with E-state index in [0.29, 0.717) is 17.3 Å². The monoisotopic (exact) mass is 329 g/mol. The van der Waals surface area contributed by atoms with Gasteiger partial charge in [0.15, 0.2) is 11.5 Å². The molecule has 1 amide bonds. The Hall–Kier alpha value is -2.76. The van der Waals surface area contributed by atoms with Crippen molar-refractivity contribution in [2.75, 3.05) is 19.5 Å². The van der Waals surface area contributed by atoms with Gasteiger partial charge in [0.2, 0.25) is 5.91 Å². The summed E-state index contributed by atoms with van der Waals surface area (Å²) < 4.78 is 12.3. The molecule has 1 unspecified atom stereocenters. The quantitative estimate of drug-likeness (QED) is 0.789. The number of amides is 1. The summed E-state index contributed by atoms with van der Waals surface area (Å²) in [6, 6.07) is 7.48. The number of ether oxygens (including phenoxy) is 2. The molecule has 1 aromatic heterocycles. The van der Waals surface area contributed by atoms with Crippen molar-refractivity contribution in [1.82, 2.24) is 9.78 Å². The molecule has 128 valence electrons. The number of rotatable bonds is 7. The van der Waals surface area contributed by atoms with E-state index in [9.17, 15) is 4.79 Å². The topological polar surface area (TPSA) is 65.4 Å². The minimum absolute atomic E-state index is 0.213. The fourth-order valence-corrected chi connectivity index (χ4v) is 2.23. The molecule has 0 spiro atoms. The zero-order valence-electron chi connectivity index (χ0n) is 14.4. The zero-order valence-corrected chi connectivity index (χ0v) is 14.4. The molecule has 0 aliphatic rings. The number of benzene rings is 1. The molecule has 0 saturated carbocycles. The number of aromatic nitrogens is 2. The summed E-state index contributed by atoms with van der Waals surface area (Å²) in [4.78, 5) is 12.1. The first-order valence-electron chi connectivity index (χ1n) is 7.83. The Kier molecular flexibility index (Phi) is 6.01. The second-order valence-electron chi connectivity index (χ2n) is 5.36. The fourth-order valence-electron chi connectivity index (χ4n) is 2.23. The van der Waals surface area contributed by atoms with Crippen molar-refractivity contribution in [2.24, 2.45) is 0 Å². The van der Waals surface area contributed by atoms with Gasteiger partial charge >= 0.3 is 0 Å². The lowest BCUT2D eigenvalue weighted by Crippen LogP contribution is -2.15. The SMILES string of the molecule is CCC(C)n1nccc1NC(=O)C=Cc1ccc(OC)c(OC)c1. The second kappa shape index (κ2) is 8.19. The Morgan fingerprint density at radius 3 is 2.71 bits per heavy atom. The molecule has 0 saturated heterocycles. The third-order valence-corrected chi connectivity index (χ3v) is 3.76. The van der Waals surface area contributed by atoms with Crippen LogP contribution >= 0.6 is 0 Å². The van der Waals surface area contributed by atoms with E-state index in [0.717, 1.165) is 12.0 Å². The molecule has 0 aliphatic heterocycles. The van der Waals surface area contributed by atoms with Gasteiger partial charge in [0.25, 0.3) is 0 Å². The number of hydrogen-bond donors (Lipinski definition) is 1. The molecule has 1 heterocycles. The average Bonchev–Trinajstić information content (AvgIpc) is 3.06. The minimum Gasteiger partial charge on any atom is -0.493 e. The standard InChI is InChI=1S/C18H23N3O3/c1-5-13(2)21-17(10-11-19-21)20-18(22)9-7-14-6-8-15(23-3)16(12-14)24-4/h6-13H,5H2,1-4H3,(H,20,22). The third kappa shape index (κ3) is 4.16. The van der Waals surface area contributed by atoms with Crippen molar-refractivity contribution in [1.29, 1.82) is 0 Å².